The van der Waals surface area contributed by atoms with Gasteiger partial charge in [0, 0.05) is 27.5 Å². The topological polar surface area (TPSA) is 12.9 Å². The zero-order chi connectivity index (χ0) is 13.0. The Hall–Kier alpha value is -1.67. The van der Waals surface area contributed by atoms with Crippen LogP contribution in [0.3, 0.4) is 0 Å². The summed E-state index contributed by atoms with van der Waals surface area (Å²) in [6.45, 7) is 6.14. The number of aryl methyl sites for hydroxylation is 1. The van der Waals surface area contributed by atoms with E-state index in [9.17, 15) is 0 Å². The van der Waals surface area contributed by atoms with Crippen LogP contribution in [-0.4, -0.2) is 4.98 Å². The van der Waals surface area contributed by atoms with Crippen LogP contribution in [0.1, 0.15) is 18.7 Å². The van der Waals surface area contributed by atoms with Gasteiger partial charge in [0.2, 0.25) is 0 Å². The van der Waals surface area contributed by atoms with E-state index in [4.69, 9.17) is 0 Å². The Bertz CT molecular complexity index is 635. The van der Waals surface area contributed by atoms with Crippen LogP contribution in [0.15, 0.2) is 48.8 Å². The molecule has 2 heteroatoms. The molecule has 0 atom stereocenters. The van der Waals surface area contributed by atoms with E-state index in [1.54, 1.807) is 0 Å². The van der Waals surface area contributed by atoms with E-state index >= 15 is 0 Å². The molecule has 3 aromatic rings. The normalized spacial score (nSPS) is 9.94. The molecule has 0 aliphatic heterocycles. The summed E-state index contributed by atoms with van der Waals surface area (Å²) in [5, 5.41) is 2.48. The van der Waals surface area contributed by atoms with E-state index in [0.29, 0.717) is 0 Å². The van der Waals surface area contributed by atoms with E-state index in [1.165, 1.54) is 26.1 Å². The Labute approximate surface area is 112 Å². The molecule has 0 fully saturated rings. The second-order valence-electron chi connectivity index (χ2n) is 3.81. The summed E-state index contributed by atoms with van der Waals surface area (Å²) in [6, 6.07) is 12.8. The zero-order valence-electron chi connectivity index (χ0n) is 11.0. The Morgan fingerprint density at radius 1 is 1.00 bits per heavy atom. The number of hydrogen-bond donors (Lipinski definition) is 0. The quantitative estimate of drug-likeness (QED) is 0.575. The van der Waals surface area contributed by atoms with E-state index in [0.717, 1.165) is 0 Å². The number of benzene rings is 1. The lowest BCUT2D eigenvalue weighted by Crippen LogP contribution is -1.79. The number of fused-ring (bicyclic) bond motifs is 1. The van der Waals surface area contributed by atoms with E-state index in [2.05, 4.69) is 48.3 Å². The standard InChI is InChI=1S/C14H11NS.C2H6/c1-10-5-6-14(16-10)13-4-2-3-11-9-15-8-7-12(11)13;1-2/h2-9H,1H3;1-2H3. The first-order valence-corrected chi connectivity index (χ1v) is 7.06. The predicted molar refractivity (Wildman–Crippen MR) is 81.1 cm³/mol. The predicted octanol–water partition coefficient (Wildman–Crippen LogP) is 5.30. The van der Waals surface area contributed by atoms with Crippen LogP contribution >= 0.6 is 11.3 Å². The molecule has 0 bridgehead atoms. The summed E-state index contributed by atoms with van der Waals surface area (Å²) in [5.74, 6) is 0. The minimum atomic E-state index is 1.20. The lowest BCUT2D eigenvalue weighted by Gasteiger charge is -2.03. The van der Waals surface area contributed by atoms with Crippen molar-refractivity contribution in [1.29, 1.82) is 0 Å². The third-order valence-electron chi connectivity index (χ3n) is 2.69. The van der Waals surface area contributed by atoms with Gasteiger partial charge in [0.15, 0.2) is 0 Å². The van der Waals surface area contributed by atoms with Gasteiger partial charge >= 0.3 is 0 Å². The number of rotatable bonds is 1. The molecule has 0 radical (unpaired) electrons. The molecule has 2 heterocycles. The maximum atomic E-state index is 4.16. The van der Waals surface area contributed by atoms with Crippen LogP contribution in [-0.2, 0) is 0 Å². The second kappa shape index (κ2) is 5.78. The van der Waals surface area contributed by atoms with Crippen molar-refractivity contribution in [2.45, 2.75) is 20.8 Å². The van der Waals surface area contributed by atoms with Crippen LogP contribution in [0.4, 0.5) is 0 Å². The van der Waals surface area contributed by atoms with Gasteiger partial charge in [0.1, 0.15) is 0 Å². The van der Waals surface area contributed by atoms with Crippen molar-refractivity contribution in [3.05, 3.63) is 53.7 Å². The molecule has 92 valence electrons. The van der Waals surface area contributed by atoms with Crippen molar-refractivity contribution in [3.8, 4) is 10.4 Å². The monoisotopic (exact) mass is 255 g/mol. The van der Waals surface area contributed by atoms with Crippen molar-refractivity contribution in [3.63, 3.8) is 0 Å². The molecule has 0 saturated carbocycles. The summed E-state index contributed by atoms with van der Waals surface area (Å²) >= 11 is 1.84. The second-order valence-corrected chi connectivity index (χ2v) is 5.10. The highest BCUT2D eigenvalue weighted by atomic mass is 32.1. The molecule has 0 saturated heterocycles. The first-order valence-electron chi connectivity index (χ1n) is 6.24. The van der Waals surface area contributed by atoms with Crippen molar-refractivity contribution in [2.75, 3.05) is 0 Å². The van der Waals surface area contributed by atoms with Gasteiger partial charge in [0.25, 0.3) is 0 Å². The Morgan fingerprint density at radius 2 is 1.83 bits per heavy atom. The molecule has 3 rings (SSSR count). The molecular formula is C16H17NS. The maximum absolute atomic E-state index is 4.16. The minimum Gasteiger partial charge on any atom is -0.264 e. The average molecular weight is 255 g/mol. The fraction of sp³-hybridized carbons (Fsp3) is 0.188. The Balaban J connectivity index is 0.000000574. The first kappa shape index (κ1) is 12.8. The minimum absolute atomic E-state index is 1.20. The molecule has 0 amide bonds. The van der Waals surface area contributed by atoms with Gasteiger partial charge in [-0.2, -0.15) is 0 Å². The third kappa shape index (κ3) is 2.44. The summed E-state index contributed by atoms with van der Waals surface area (Å²) in [4.78, 5) is 6.83. The van der Waals surface area contributed by atoms with Crippen molar-refractivity contribution in [1.82, 2.24) is 4.98 Å². The zero-order valence-corrected chi connectivity index (χ0v) is 11.8. The van der Waals surface area contributed by atoms with Gasteiger partial charge in [-0.3, -0.25) is 4.98 Å². The SMILES string of the molecule is CC.Cc1ccc(-c2cccc3cnccc23)s1. The Morgan fingerprint density at radius 3 is 2.56 bits per heavy atom. The van der Waals surface area contributed by atoms with Gasteiger partial charge in [-0.05, 0) is 36.1 Å². The fourth-order valence-electron chi connectivity index (χ4n) is 1.92. The van der Waals surface area contributed by atoms with Crippen molar-refractivity contribution in [2.24, 2.45) is 0 Å². The average Bonchev–Trinajstić information content (AvgIpc) is 2.87. The smallest absolute Gasteiger partial charge is 0.0351 e. The molecule has 1 aromatic carbocycles. The van der Waals surface area contributed by atoms with E-state index in [-0.39, 0.29) is 0 Å². The molecule has 0 N–H and O–H groups in total. The summed E-state index contributed by atoms with van der Waals surface area (Å²) in [7, 11) is 0. The van der Waals surface area contributed by atoms with Crippen molar-refractivity contribution >= 4 is 22.1 Å². The van der Waals surface area contributed by atoms with Crippen molar-refractivity contribution < 1.29 is 0 Å². The van der Waals surface area contributed by atoms with Gasteiger partial charge in [-0.25, -0.2) is 0 Å². The molecule has 0 aliphatic carbocycles. The molecule has 18 heavy (non-hydrogen) atoms. The number of thiophene rings is 1. The number of nitrogens with zero attached hydrogens (tertiary/aromatic N) is 1. The molecule has 0 aliphatic rings. The number of hydrogen-bond acceptors (Lipinski definition) is 2. The van der Waals surface area contributed by atoms with Crippen LogP contribution < -0.4 is 0 Å². The summed E-state index contributed by atoms with van der Waals surface area (Å²) in [6.07, 6.45) is 3.77. The van der Waals surface area contributed by atoms with Gasteiger partial charge in [-0.1, -0.05) is 32.0 Å². The lowest BCUT2D eigenvalue weighted by molar-refractivity contribution is 1.36. The number of aromatic nitrogens is 1. The molecule has 1 nitrogen and oxygen atoms in total. The highest BCUT2D eigenvalue weighted by molar-refractivity contribution is 7.15. The lowest BCUT2D eigenvalue weighted by atomic mass is 10.1. The van der Waals surface area contributed by atoms with E-state index < -0.39 is 0 Å². The first-order chi connectivity index (χ1) is 8.84. The van der Waals surface area contributed by atoms with Crippen LogP contribution in [0.25, 0.3) is 21.2 Å². The van der Waals surface area contributed by atoms with Gasteiger partial charge in [-0.15, -0.1) is 11.3 Å². The molecule has 0 spiro atoms. The van der Waals surface area contributed by atoms with Gasteiger partial charge < -0.3 is 0 Å². The highest BCUT2D eigenvalue weighted by Gasteiger charge is 2.04. The summed E-state index contributed by atoms with van der Waals surface area (Å²) in [5.41, 5.74) is 1.30. The largest absolute Gasteiger partial charge is 0.264 e. The maximum Gasteiger partial charge on any atom is 0.0351 e. The van der Waals surface area contributed by atoms with Gasteiger partial charge in [0.05, 0.1) is 0 Å². The third-order valence-corrected chi connectivity index (χ3v) is 3.72. The van der Waals surface area contributed by atoms with Crippen LogP contribution in [0.2, 0.25) is 0 Å². The molecule has 2 aromatic heterocycles. The molecular weight excluding hydrogens is 238 g/mol. The van der Waals surface area contributed by atoms with E-state index in [1.807, 2.05) is 37.6 Å². The van der Waals surface area contributed by atoms with Crippen LogP contribution in [0.5, 0.6) is 0 Å². The summed E-state index contributed by atoms with van der Waals surface area (Å²) < 4.78 is 0. The number of pyridine rings is 1. The highest BCUT2D eigenvalue weighted by Crippen LogP contribution is 2.32. The van der Waals surface area contributed by atoms with Crippen LogP contribution in [0, 0.1) is 6.92 Å². The Kier molecular flexibility index (Phi) is 4.11. The molecule has 0 unspecified atom stereocenters. The fourth-order valence-corrected chi connectivity index (χ4v) is 2.82.